The Bertz CT molecular complexity index is 414. The molecule has 0 saturated carbocycles. The van der Waals surface area contributed by atoms with Gasteiger partial charge < -0.3 is 5.11 Å². The lowest BCUT2D eigenvalue weighted by Crippen LogP contribution is -2.14. The summed E-state index contributed by atoms with van der Waals surface area (Å²) in [7, 11) is -3.83. The van der Waals surface area contributed by atoms with Crippen molar-refractivity contribution in [1.82, 2.24) is 0 Å². The van der Waals surface area contributed by atoms with Gasteiger partial charge in [0.1, 0.15) is 10.6 Å². The van der Waals surface area contributed by atoms with Crippen molar-refractivity contribution in [2.24, 2.45) is 5.14 Å². The molecule has 1 aromatic rings. The van der Waals surface area contributed by atoms with Crippen LogP contribution in [0.15, 0.2) is 17.0 Å². The fourth-order valence-corrected chi connectivity index (χ4v) is 2.16. The van der Waals surface area contributed by atoms with Crippen LogP contribution >= 0.6 is 0 Å². The third kappa shape index (κ3) is 1.99. The molecule has 0 heterocycles. The minimum atomic E-state index is -3.83. The van der Waals surface area contributed by atoms with Gasteiger partial charge in [-0.1, -0.05) is 6.07 Å². The van der Waals surface area contributed by atoms with Gasteiger partial charge in [-0.3, -0.25) is 0 Å². The molecule has 13 heavy (non-hydrogen) atoms. The van der Waals surface area contributed by atoms with E-state index in [-0.39, 0.29) is 10.6 Å². The summed E-state index contributed by atoms with van der Waals surface area (Å²) in [6, 6.07) is 3.02. The molecule has 0 unspecified atom stereocenters. The third-order valence-electron chi connectivity index (χ3n) is 1.68. The predicted octanol–water partition coefficient (Wildman–Crippen LogP) is 0.656. The number of sulfonamides is 1. The van der Waals surface area contributed by atoms with Crippen LogP contribution in [0.2, 0.25) is 0 Å². The van der Waals surface area contributed by atoms with Gasteiger partial charge in [-0.25, -0.2) is 13.6 Å². The van der Waals surface area contributed by atoms with Crippen molar-refractivity contribution in [1.29, 1.82) is 0 Å². The van der Waals surface area contributed by atoms with E-state index in [1.807, 2.05) is 0 Å². The van der Waals surface area contributed by atoms with E-state index in [1.165, 1.54) is 6.07 Å². The molecule has 3 N–H and O–H groups in total. The first-order valence-corrected chi connectivity index (χ1v) is 5.20. The Labute approximate surface area is 77.1 Å². The van der Waals surface area contributed by atoms with Crippen LogP contribution < -0.4 is 5.14 Å². The topological polar surface area (TPSA) is 80.4 Å². The molecule has 0 spiro atoms. The number of aryl methyl sites for hydroxylation is 2. The van der Waals surface area contributed by atoms with Crippen LogP contribution in [0.4, 0.5) is 0 Å². The number of phenolic OH excluding ortho intramolecular Hbond substituents is 1. The number of rotatable bonds is 1. The lowest BCUT2D eigenvalue weighted by atomic mass is 10.1. The fraction of sp³-hybridized carbons (Fsp3) is 0.250. The molecule has 5 heteroatoms. The first-order valence-electron chi connectivity index (χ1n) is 3.65. The Morgan fingerprint density at radius 1 is 1.31 bits per heavy atom. The Morgan fingerprint density at radius 3 is 2.23 bits per heavy atom. The quantitative estimate of drug-likeness (QED) is 0.700. The highest BCUT2D eigenvalue weighted by Crippen LogP contribution is 2.26. The Balaban J connectivity index is 3.57. The zero-order valence-electron chi connectivity index (χ0n) is 7.40. The molecular weight excluding hydrogens is 190 g/mol. The largest absolute Gasteiger partial charge is 0.507 e. The van der Waals surface area contributed by atoms with E-state index < -0.39 is 10.0 Å². The molecular formula is C8H11NO3S. The first kappa shape index (κ1) is 10.0. The predicted molar refractivity (Wildman–Crippen MR) is 49.0 cm³/mol. The first-order chi connectivity index (χ1) is 5.82. The van der Waals surface area contributed by atoms with Gasteiger partial charge in [0.05, 0.1) is 0 Å². The number of hydrogen-bond donors (Lipinski definition) is 2. The van der Waals surface area contributed by atoms with Crippen molar-refractivity contribution in [2.45, 2.75) is 18.7 Å². The highest BCUT2D eigenvalue weighted by molar-refractivity contribution is 7.89. The Kier molecular flexibility index (Phi) is 2.32. The Morgan fingerprint density at radius 2 is 1.85 bits per heavy atom. The highest BCUT2D eigenvalue weighted by atomic mass is 32.2. The van der Waals surface area contributed by atoms with Gasteiger partial charge in [0.25, 0.3) is 0 Å². The molecule has 1 aromatic carbocycles. The van der Waals surface area contributed by atoms with Crippen molar-refractivity contribution in [3.05, 3.63) is 23.3 Å². The molecule has 1 rings (SSSR count). The van der Waals surface area contributed by atoms with Crippen molar-refractivity contribution >= 4 is 10.0 Å². The average Bonchev–Trinajstić information content (AvgIpc) is 1.78. The zero-order chi connectivity index (χ0) is 10.2. The summed E-state index contributed by atoms with van der Waals surface area (Å²) in [5.74, 6) is -0.292. The van der Waals surface area contributed by atoms with Gasteiger partial charge >= 0.3 is 0 Å². The van der Waals surface area contributed by atoms with E-state index >= 15 is 0 Å². The number of phenols is 1. The molecule has 0 aliphatic rings. The lowest BCUT2D eigenvalue weighted by Gasteiger charge is -2.06. The summed E-state index contributed by atoms with van der Waals surface area (Å²) in [6.45, 7) is 3.35. The SMILES string of the molecule is Cc1cc(C)c(S(N)(=O)=O)c(O)c1. The van der Waals surface area contributed by atoms with Crippen molar-refractivity contribution in [3.63, 3.8) is 0 Å². The van der Waals surface area contributed by atoms with Crippen LogP contribution in [-0.2, 0) is 10.0 Å². The normalized spacial score (nSPS) is 11.6. The van der Waals surface area contributed by atoms with Gasteiger partial charge in [0.15, 0.2) is 0 Å². The molecule has 0 bridgehead atoms. The van der Waals surface area contributed by atoms with Gasteiger partial charge in [0.2, 0.25) is 10.0 Å². The van der Waals surface area contributed by atoms with E-state index in [0.717, 1.165) is 5.56 Å². The van der Waals surface area contributed by atoms with Gasteiger partial charge in [-0.05, 0) is 31.0 Å². The second kappa shape index (κ2) is 3.01. The van der Waals surface area contributed by atoms with Gasteiger partial charge in [-0.15, -0.1) is 0 Å². The monoisotopic (exact) mass is 201 g/mol. The highest BCUT2D eigenvalue weighted by Gasteiger charge is 2.16. The average molecular weight is 201 g/mol. The minimum Gasteiger partial charge on any atom is -0.507 e. The van der Waals surface area contributed by atoms with Crippen LogP contribution in [0.5, 0.6) is 5.75 Å². The molecule has 0 fully saturated rings. The van der Waals surface area contributed by atoms with Crippen molar-refractivity contribution < 1.29 is 13.5 Å². The van der Waals surface area contributed by atoms with E-state index in [2.05, 4.69) is 0 Å². The van der Waals surface area contributed by atoms with E-state index in [0.29, 0.717) is 5.56 Å². The Hall–Kier alpha value is -1.07. The summed E-state index contributed by atoms with van der Waals surface area (Å²) < 4.78 is 22.0. The molecule has 72 valence electrons. The van der Waals surface area contributed by atoms with Gasteiger partial charge in [0, 0.05) is 0 Å². The number of aromatic hydroxyl groups is 1. The fourth-order valence-electron chi connectivity index (χ4n) is 1.30. The number of primary sulfonamides is 1. The second-order valence-corrected chi connectivity index (χ2v) is 4.47. The number of nitrogens with two attached hydrogens (primary N) is 1. The van der Waals surface area contributed by atoms with Crippen LogP contribution in [0, 0.1) is 13.8 Å². The standard InChI is InChI=1S/C8H11NO3S/c1-5-3-6(2)8(7(10)4-5)13(9,11)12/h3-4,10H,1-2H3,(H2,9,11,12). The number of benzene rings is 1. The lowest BCUT2D eigenvalue weighted by molar-refractivity contribution is 0.457. The van der Waals surface area contributed by atoms with E-state index in [4.69, 9.17) is 5.14 Å². The maximum Gasteiger partial charge on any atom is 0.241 e. The minimum absolute atomic E-state index is 0.196. The molecule has 0 atom stereocenters. The second-order valence-electron chi connectivity index (χ2n) is 2.98. The molecule has 0 aromatic heterocycles. The number of hydrogen-bond acceptors (Lipinski definition) is 3. The smallest absolute Gasteiger partial charge is 0.241 e. The molecule has 4 nitrogen and oxygen atoms in total. The molecule has 0 radical (unpaired) electrons. The molecule has 0 amide bonds. The molecule has 0 aliphatic carbocycles. The van der Waals surface area contributed by atoms with E-state index in [1.54, 1.807) is 19.9 Å². The summed E-state index contributed by atoms with van der Waals surface area (Å²) in [5, 5.41) is 14.3. The van der Waals surface area contributed by atoms with Crippen LogP contribution in [0.1, 0.15) is 11.1 Å². The van der Waals surface area contributed by atoms with Crippen LogP contribution in [0.3, 0.4) is 0 Å². The summed E-state index contributed by atoms with van der Waals surface area (Å²) in [5.41, 5.74) is 1.25. The maximum atomic E-state index is 11.0. The van der Waals surface area contributed by atoms with Crippen LogP contribution in [0.25, 0.3) is 0 Å². The van der Waals surface area contributed by atoms with E-state index in [9.17, 15) is 13.5 Å². The summed E-state index contributed by atoms with van der Waals surface area (Å²) in [6.07, 6.45) is 0. The third-order valence-corrected chi connectivity index (χ3v) is 2.78. The summed E-state index contributed by atoms with van der Waals surface area (Å²) in [4.78, 5) is -0.196. The summed E-state index contributed by atoms with van der Waals surface area (Å²) >= 11 is 0. The molecule has 0 aliphatic heterocycles. The van der Waals surface area contributed by atoms with Crippen molar-refractivity contribution in [2.75, 3.05) is 0 Å². The van der Waals surface area contributed by atoms with Crippen LogP contribution in [-0.4, -0.2) is 13.5 Å². The molecule has 0 saturated heterocycles. The van der Waals surface area contributed by atoms with Crippen molar-refractivity contribution in [3.8, 4) is 5.75 Å². The maximum absolute atomic E-state index is 11.0. The van der Waals surface area contributed by atoms with Gasteiger partial charge in [-0.2, -0.15) is 0 Å². The zero-order valence-corrected chi connectivity index (χ0v) is 8.22.